The van der Waals surface area contributed by atoms with Crippen LogP contribution in [0.25, 0.3) is 0 Å². The van der Waals surface area contributed by atoms with Gasteiger partial charge in [-0.25, -0.2) is 4.98 Å². The van der Waals surface area contributed by atoms with Crippen LogP contribution in [0.15, 0.2) is 42.9 Å². The van der Waals surface area contributed by atoms with Crippen LogP contribution in [0.4, 0.5) is 5.82 Å². The second-order valence-electron chi connectivity index (χ2n) is 3.87. The molecule has 0 aliphatic carbocycles. The van der Waals surface area contributed by atoms with Gasteiger partial charge in [0.2, 0.25) is 0 Å². The van der Waals surface area contributed by atoms with E-state index in [2.05, 4.69) is 14.9 Å². The molecule has 0 bridgehead atoms. The molecule has 0 aromatic carbocycles. The summed E-state index contributed by atoms with van der Waals surface area (Å²) < 4.78 is 0. The van der Waals surface area contributed by atoms with Gasteiger partial charge in [-0.05, 0) is 29.3 Å². The van der Waals surface area contributed by atoms with Crippen LogP contribution in [-0.4, -0.2) is 17.0 Å². The molecule has 0 saturated heterocycles. The van der Waals surface area contributed by atoms with E-state index in [0.717, 1.165) is 17.9 Å². The van der Waals surface area contributed by atoms with Gasteiger partial charge in [0.1, 0.15) is 5.82 Å². The third-order valence-electron chi connectivity index (χ3n) is 2.52. The maximum absolute atomic E-state index is 5.73. The number of hydrogen-bond acceptors (Lipinski definition) is 3. The quantitative estimate of drug-likeness (QED) is 0.778. The average molecular weight is 248 g/mol. The van der Waals surface area contributed by atoms with E-state index < -0.39 is 0 Å². The molecule has 0 aliphatic rings. The number of anilines is 1. The van der Waals surface area contributed by atoms with Crippen molar-refractivity contribution in [1.82, 2.24) is 9.97 Å². The maximum atomic E-state index is 5.73. The molecule has 0 atom stereocenters. The molecule has 2 aromatic rings. The molecule has 0 saturated carbocycles. The zero-order chi connectivity index (χ0) is 12.1. The number of nitrogens with zero attached hydrogens (tertiary/aromatic N) is 3. The standard InChI is InChI=1S/C13H14ClN3/c1-17(10-11-4-6-15-7-5-11)13-3-2-12(8-14)9-16-13/h2-7,9H,8,10H2,1H3. The predicted octanol–water partition coefficient (Wildman–Crippen LogP) is 2.85. The lowest BCUT2D eigenvalue weighted by molar-refractivity contribution is 0.893. The van der Waals surface area contributed by atoms with Crippen molar-refractivity contribution in [3.05, 3.63) is 54.0 Å². The molecular weight excluding hydrogens is 234 g/mol. The molecular formula is C13H14ClN3. The molecule has 88 valence electrons. The minimum atomic E-state index is 0.501. The van der Waals surface area contributed by atoms with Crippen LogP contribution >= 0.6 is 11.6 Å². The fraction of sp³-hybridized carbons (Fsp3) is 0.231. The topological polar surface area (TPSA) is 29.0 Å². The number of hydrogen-bond donors (Lipinski definition) is 0. The van der Waals surface area contributed by atoms with Gasteiger partial charge in [-0.3, -0.25) is 4.98 Å². The molecule has 2 heterocycles. The Bertz CT molecular complexity index is 456. The third-order valence-corrected chi connectivity index (χ3v) is 2.83. The van der Waals surface area contributed by atoms with Gasteiger partial charge in [0.15, 0.2) is 0 Å². The van der Waals surface area contributed by atoms with Crippen molar-refractivity contribution in [2.75, 3.05) is 11.9 Å². The summed E-state index contributed by atoms with van der Waals surface area (Å²) >= 11 is 5.73. The number of rotatable bonds is 4. The van der Waals surface area contributed by atoms with E-state index in [0.29, 0.717) is 5.88 Å². The monoisotopic (exact) mass is 247 g/mol. The van der Waals surface area contributed by atoms with Gasteiger partial charge in [-0.1, -0.05) is 6.07 Å². The fourth-order valence-corrected chi connectivity index (χ4v) is 1.72. The predicted molar refractivity (Wildman–Crippen MR) is 70.1 cm³/mol. The molecule has 0 aliphatic heterocycles. The van der Waals surface area contributed by atoms with Crippen LogP contribution in [0.2, 0.25) is 0 Å². The number of alkyl halides is 1. The first-order valence-electron chi connectivity index (χ1n) is 5.40. The summed E-state index contributed by atoms with van der Waals surface area (Å²) in [6.07, 6.45) is 5.41. The number of pyridine rings is 2. The van der Waals surface area contributed by atoms with Crippen LogP contribution in [0.3, 0.4) is 0 Å². The number of aromatic nitrogens is 2. The van der Waals surface area contributed by atoms with Gasteiger partial charge < -0.3 is 4.90 Å². The molecule has 4 heteroatoms. The molecule has 0 unspecified atom stereocenters. The van der Waals surface area contributed by atoms with Gasteiger partial charge >= 0.3 is 0 Å². The van der Waals surface area contributed by atoms with Crippen LogP contribution in [0.1, 0.15) is 11.1 Å². The van der Waals surface area contributed by atoms with Gasteiger partial charge in [0.25, 0.3) is 0 Å². The highest BCUT2D eigenvalue weighted by molar-refractivity contribution is 6.17. The lowest BCUT2D eigenvalue weighted by Crippen LogP contribution is -2.17. The highest BCUT2D eigenvalue weighted by Crippen LogP contribution is 2.13. The van der Waals surface area contributed by atoms with E-state index in [1.54, 1.807) is 12.4 Å². The smallest absolute Gasteiger partial charge is 0.128 e. The van der Waals surface area contributed by atoms with Crippen LogP contribution in [-0.2, 0) is 12.4 Å². The second kappa shape index (κ2) is 5.64. The summed E-state index contributed by atoms with van der Waals surface area (Å²) in [7, 11) is 2.02. The lowest BCUT2D eigenvalue weighted by atomic mass is 10.2. The van der Waals surface area contributed by atoms with E-state index >= 15 is 0 Å². The molecule has 2 rings (SSSR count). The average Bonchev–Trinajstić information content (AvgIpc) is 2.40. The molecule has 0 N–H and O–H groups in total. The Morgan fingerprint density at radius 3 is 2.47 bits per heavy atom. The summed E-state index contributed by atoms with van der Waals surface area (Å²) in [4.78, 5) is 10.5. The first-order chi connectivity index (χ1) is 8.29. The van der Waals surface area contributed by atoms with Crippen molar-refractivity contribution in [2.45, 2.75) is 12.4 Å². The van der Waals surface area contributed by atoms with E-state index in [-0.39, 0.29) is 0 Å². The maximum Gasteiger partial charge on any atom is 0.128 e. The third kappa shape index (κ3) is 3.17. The molecule has 0 fully saturated rings. The van der Waals surface area contributed by atoms with E-state index in [4.69, 9.17) is 11.6 Å². The molecule has 3 nitrogen and oxygen atoms in total. The van der Waals surface area contributed by atoms with Crippen molar-refractivity contribution >= 4 is 17.4 Å². The van der Waals surface area contributed by atoms with E-state index in [1.165, 1.54) is 5.56 Å². The van der Waals surface area contributed by atoms with Crippen LogP contribution < -0.4 is 4.90 Å². The Hall–Kier alpha value is -1.61. The molecule has 0 radical (unpaired) electrons. The largest absolute Gasteiger partial charge is 0.355 e. The van der Waals surface area contributed by atoms with Crippen molar-refractivity contribution in [3.8, 4) is 0 Å². The van der Waals surface area contributed by atoms with Crippen molar-refractivity contribution in [2.24, 2.45) is 0 Å². The first kappa shape index (κ1) is 11.9. The Balaban J connectivity index is 2.06. The van der Waals surface area contributed by atoms with Gasteiger partial charge in [-0.2, -0.15) is 0 Å². The summed E-state index contributed by atoms with van der Waals surface area (Å²) in [5.74, 6) is 1.44. The molecule has 0 spiro atoms. The number of halogens is 1. The van der Waals surface area contributed by atoms with Crippen LogP contribution in [0.5, 0.6) is 0 Å². The Labute approximate surface area is 106 Å². The van der Waals surface area contributed by atoms with Gasteiger partial charge in [0, 0.05) is 38.1 Å². The van der Waals surface area contributed by atoms with E-state index in [9.17, 15) is 0 Å². The van der Waals surface area contributed by atoms with Gasteiger partial charge in [0.05, 0.1) is 0 Å². The first-order valence-corrected chi connectivity index (χ1v) is 5.94. The Morgan fingerprint density at radius 1 is 1.12 bits per heavy atom. The zero-order valence-corrected chi connectivity index (χ0v) is 10.4. The molecule has 17 heavy (non-hydrogen) atoms. The summed E-state index contributed by atoms with van der Waals surface area (Å²) in [5, 5.41) is 0. The Kier molecular flexibility index (Phi) is 3.94. The SMILES string of the molecule is CN(Cc1ccncc1)c1ccc(CCl)cn1. The summed E-state index contributed by atoms with van der Waals surface area (Å²) in [6, 6.07) is 7.99. The highest BCUT2D eigenvalue weighted by atomic mass is 35.5. The normalized spacial score (nSPS) is 10.2. The zero-order valence-electron chi connectivity index (χ0n) is 9.68. The second-order valence-corrected chi connectivity index (χ2v) is 4.14. The lowest BCUT2D eigenvalue weighted by Gasteiger charge is -2.18. The van der Waals surface area contributed by atoms with Crippen molar-refractivity contribution in [3.63, 3.8) is 0 Å². The van der Waals surface area contributed by atoms with Crippen molar-refractivity contribution < 1.29 is 0 Å². The minimum absolute atomic E-state index is 0.501. The fourth-order valence-electron chi connectivity index (χ4n) is 1.56. The summed E-state index contributed by atoms with van der Waals surface area (Å²) in [5.41, 5.74) is 2.25. The Morgan fingerprint density at radius 2 is 1.88 bits per heavy atom. The summed E-state index contributed by atoms with van der Waals surface area (Å²) in [6.45, 7) is 0.815. The molecule has 2 aromatic heterocycles. The van der Waals surface area contributed by atoms with E-state index in [1.807, 2.05) is 37.5 Å². The van der Waals surface area contributed by atoms with Crippen LogP contribution in [0, 0.1) is 0 Å². The highest BCUT2D eigenvalue weighted by Gasteiger charge is 2.03. The molecule has 0 amide bonds. The van der Waals surface area contributed by atoms with Gasteiger partial charge in [-0.15, -0.1) is 11.6 Å². The minimum Gasteiger partial charge on any atom is -0.355 e. The van der Waals surface area contributed by atoms with Crippen molar-refractivity contribution in [1.29, 1.82) is 0 Å².